The second-order valence-electron chi connectivity index (χ2n) is 5.81. The van der Waals surface area contributed by atoms with E-state index in [9.17, 15) is 20.2 Å². The number of carbonyl (C=O) groups excluding carboxylic acids is 1. The Balaban J connectivity index is 2.23. The fraction of sp³-hybridized carbons (Fsp3) is 0.200. The molecule has 28 heavy (non-hydrogen) atoms. The number of nitrogens with zero attached hydrogens (tertiary/aromatic N) is 3. The Bertz CT molecular complexity index is 945. The number of amides is 1. The van der Waals surface area contributed by atoms with Gasteiger partial charge in [-0.3, -0.25) is 14.9 Å². The molecule has 0 radical (unpaired) electrons. The maximum absolute atomic E-state index is 12.4. The van der Waals surface area contributed by atoms with Gasteiger partial charge in [0.05, 0.1) is 15.6 Å². The Kier molecular flexibility index (Phi) is 7.13. The predicted octanol–water partition coefficient (Wildman–Crippen LogP) is 4.64. The van der Waals surface area contributed by atoms with Crippen LogP contribution in [0.1, 0.15) is 19.4 Å². The monoisotopic (exact) mass is 398 g/mol. The van der Waals surface area contributed by atoms with Gasteiger partial charge in [0.2, 0.25) is 0 Å². The molecule has 2 aromatic rings. The molecule has 0 heterocycles. The van der Waals surface area contributed by atoms with Gasteiger partial charge < -0.3 is 10.2 Å². The van der Waals surface area contributed by atoms with Crippen molar-refractivity contribution >= 4 is 40.6 Å². The third-order valence-electron chi connectivity index (χ3n) is 4.11. The van der Waals surface area contributed by atoms with Gasteiger partial charge in [0, 0.05) is 30.9 Å². The van der Waals surface area contributed by atoms with E-state index in [1.807, 2.05) is 30.3 Å². The molecule has 0 saturated carbocycles. The molecule has 0 saturated heterocycles. The van der Waals surface area contributed by atoms with E-state index < -0.39 is 10.8 Å². The number of rotatable bonds is 7. The molecule has 0 aromatic heterocycles. The van der Waals surface area contributed by atoms with E-state index in [0.717, 1.165) is 24.8 Å². The Labute approximate surface area is 168 Å². The van der Waals surface area contributed by atoms with Crippen LogP contribution in [0.25, 0.3) is 6.08 Å². The van der Waals surface area contributed by atoms with Crippen molar-refractivity contribution in [1.29, 1.82) is 5.26 Å². The molecule has 0 atom stereocenters. The summed E-state index contributed by atoms with van der Waals surface area (Å²) in [5.41, 5.74) is 1.45. The molecule has 0 fully saturated rings. The highest BCUT2D eigenvalue weighted by molar-refractivity contribution is 6.34. The molecule has 0 unspecified atom stereocenters. The first-order valence-electron chi connectivity index (χ1n) is 8.61. The van der Waals surface area contributed by atoms with Crippen molar-refractivity contribution in [1.82, 2.24) is 0 Å². The van der Waals surface area contributed by atoms with Crippen LogP contribution in [-0.4, -0.2) is 23.9 Å². The Morgan fingerprint density at radius 1 is 1.25 bits per heavy atom. The van der Waals surface area contributed by atoms with Crippen molar-refractivity contribution in [2.75, 3.05) is 23.3 Å². The third-order valence-corrected chi connectivity index (χ3v) is 4.44. The van der Waals surface area contributed by atoms with Crippen LogP contribution in [0.4, 0.5) is 17.1 Å². The van der Waals surface area contributed by atoms with E-state index in [1.54, 1.807) is 0 Å². The topological polar surface area (TPSA) is 99.3 Å². The lowest BCUT2D eigenvalue weighted by molar-refractivity contribution is -0.384. The van der Waals surface area contributed by atoms with E-state index in [-0.39, 0.29) is 22.0 Å². The molecular weight excluding hydrogens is 380 g/mol. The van der Waals surface area contributed by atoms with Crippen LogP contribution < -0.4 is 10.2 Å². The number of nitro groups is 1. The SMILES string of the molecule is CCN(CC)c1ccc(/C=C(\C#N)C(=O)Nc2cc([N+](=O)[O-])ccc2Cl)cc1. The summed E-state index contributed by atoms with van der Waals surface area (Å²) in [6.45, 7) is 5.88. The number of carbonyl (C=O) groups is 1. The fourth-order valence-corrected chi connectivity index (χ4v) is 2.76. The minimum absolute atomic E-state index is 0.0684. The molecule has 7 nitrogen and oxygen atoms in total. The average Bonchev–Trinajstić information content (AvgIpc) is 2.69. The molecule has 0 aliphatic heterocycles. The van der Waals surface area contributed by atoms with Gasteiger partial charge in [0.25, 0.3) is 11.6 Å². The van der Waals surface area contributed by atoms with Crippen LogP contribution >= 0.6 is 11.6 Å². The summed E-state index contributed by atoms with van der Waals surface area (Å²) in [6, 6.07) is 13.0. The Morgan fingerprint density at radius 2 is 1.89 bits per heavy atom. The molecule has 0 spiro atoms. The number of nitro benzene ring substituents is 1. The molecule has 0 aliphatic rings. The van der Waals surface area contributed by atoms with E-state index in [0.29, 0.717) is 5.56 Å². The van der Waals surface area contributed by atoms with Crippen LogP contribution in [0.2, 0.25) is 5.02 Å². The molecule has 0 bridgehead atoms. The highest BCUT2D eigenvalue weighted by atomic mass is 35.5. The van der Waals surface area contributed by atoms with Crippen molar-refractivity contribution in [2.45, 2.75) is 13.8 Å². The number of halogens is 1. The van der Waals surface area contributed by atoms with Crippen LogP contribution in [0, 0.1) is 21.4 Å². The maximum atomic E-state index is 12.4. The van der Waals surface area contributed by atoms with Gasteiger partial charge in [0.1, 0.15) is 11.6 Å². The summed E-state index contributed by atoms with van der Waals surface area (Å²) in [5.74, 6) is -0.697. The lowest BCUT2D eigenvalue weighted by Gasteiger charge is -2.20. The third kappa shape index (κ3) is 5.09. The van der Waals surface area contributed by atoms with Crippen molar-refractivity contribution in [3.8, 4) is 6.07 Å². The molecule has 1 amide bonds. The van der Waals surface area contributed by atoms with Gasteiger partial charge in [-0.2, -0.15) is 5.26 Å². The molecule has 2 rings (SSSR count). The number of nitrogens with one attached hydrogen (secondary N) is 1. The summed E-state index contributed by atoms with van der Waals surface area (Å²) in [7, 11) is 0. The first kappa shape index (κ1) is 20.9. The Morgan fingerprint density at radius 3 is 2.43 bits per heavy atom. The zero-order valence-corrected chi connectivity index (χ0v) is 16.2. The largest absolute Gasteiger partial charge is 0.372 e. The van der Waals surface area contributed by atoms with Gasteiger partial charge in [-0.05, 0) is 43.7 Å². The quantitative estimate of drug-likeness (QED) is 0.317. The number of benzene rings is 2. The smallest absolute Gasteiger partial charge is 0.271 e. The van der Waals surface area contributed by atoms with Crippen molar-refractivity contribution in [3.63, 3.8) is 0 Å². The highest BCUT2D eigenvalue weighted by Gasteiger charge is 2.15. The molecular formula is C20H19ClN4O3. The van der Waals surface area contributed by atoms with Crippen molar-refractivity contribution in [2.24, 2.45) is 0 Å². The van der Waals surface area contributed by atoms with Gasteiger partial charge >= 0.3 is 0 Å². The zero-order valence-electron chi connectivity index (χ0n) is 15.5. The molecule has 144 valence electrons. The molecule has 0 aliphatic carbocycles. The van der Waals surface area contributed by atoms with Crippen LogP contribution in [-0.2, 0) is 4.79 Å². The van der Waals surface area contributed by atoms with Crippen LogP contribution in [0.3, 0.4) is 0 Å². The molecule has 8 heteroatoms. The van der Waals surface area contributed by atoms with Gasteiger partial charge in [0.15, 0.2) is 0 Å². The summed E-state index contributed by atoms with van der Waals surface area (Å²) < 4.78 is 0. The number of hydrogen-bond acceptors (Lipinski definition) is 5. The Hall–Kier alpha value is -3.37. The van der Waals surface area contributed by atoms with Crippen molar-refractivity contribution in [3.05, 3.63) is 68.7 Å². The second kappa shape index (κ2) is 9.53. The number of anilines is 2. The number of nitriles is 1. The van der Waals surface area contributed by atoms with E-state index in [2.05, 4.69) is 24.1 Å². The van der Waals surface area contributed by atoms with E-state index in [4.69, 9.17) is 11.6 Å². The van der Waals surface area contributed by atoms with Gasteiger partial charge in [-0.25, -0.2) is 0 Å². The average molecular weight is 399 g/mol. The van der Waals surface area contributed by atoms with Crippen LogP contribution in [0.15, 0.2) is 48.0 Å². The minimum atomic E-state index is -0.697. The van der Waals surface area contributed by atoms with Gasteiger partial charge in [-0.1, -0.05) is 23.7 Å². The predicted molar refractivity (Wildman–Crippen MR) is 110 cm³/mol. The zero-order chi connectivity index (χ0) is 20.7. The van der Waals surface area contributed by atoms with E-state index in [1.165, 1.54) is 18.2 Å². The van der Waals surface area contributed by atoms with Crippen molar-refractivity contribution < 1.29 is 9.72 Å². The summed E-state index contributed by atoms with van der Waals surface area (Å²) in [6.07, 6.45) is 1.45. The number of hydrogen-bond donors (Lipinski definition) is 1. The number of non-ortho nitro benzene ring substituents is 1. The second-order valence-corrected chi connectivity index (χ2v) is 6.22. The van der Waals surface area contributed by atoms with Gasteiger partial charge in [-0.15, -0.1) is 0 Å². The summed E-state index contributed by atoms with van der Waals surface area (Å²) >= 11 is 5.98. The highest BCUT2D eigenvalue weighted by Crippen LogP contribution is 2.27. The molecule has 2 aromatic carbocycles. The lowest BCUT2D eigenvalue weighted by atomic mass is 10.1. The fourth-order valence-electron chi connectivity index (χ4n) is 2.60. The summed E-state index contributed by atoms with van der Waals surface area (Å²) in [4.78, 5) is 24.9. The lowest BCUT2D eigenvalue weighted by Crippen LogP contribution is -2.21. The van der Waals surface area contributed by atoms with Crippen LogP contribution in [0.5, 0.6) is 0 Å². The molecule has 1 N–H and O–H groups in total. The maximum Gasteiger partial charge on any atom is 0.271 e. The first-order valence-corrected chi connectivity index (χ1v) is 8.99. The summed E-state index contributed by atoms with van der Waals surface area (Å²) in [5, 5.41) is 22.8. The van der Waals surface area contributed by atoms with E-state index >= 15 is 0 Å². The standard InChI is InChI=1S/C20H19ClN4O3/c1-3-24(4-2)16-7-5-14(6-8-16)11-15(13-22)20(26)23-19-12-17(25(27)28)9-10-18(19)21/h5-12H,3-4H2,1-2H3,(H,23,26)/b15-11+. The normalized spacial score (nSPS) is 10.9. The first-order chi connectivity index (χ1) is 13.4. The minimum Gasteiger partial charge on any atom is -0.372 e.